The van der Waals surface area contributed by atoms with E-state index in [0.29, 0.717) is 12.8 Å². The third-order valence-electron chi connectivity index (χ3n) is 3.60. The van der Waals surface area contributed by atoms with Crippen LogP contribution in [0.3, 0.4) is 0 Å². The smallest absolute Gasteiger partial charge is 0.0590 e. The van der Waals surface area contributed by atoms with Crippen LogP contribution in [0.25, 0.3) is 0 Å². The number of rotatable bonds is 4. The topological polar surface area (TPSA) is 0 Å². The van der Waals surface area contributed by atoms with Gasteiger partial charge in [-0.05, 0) is 60.6 Å². The molecule has 0 heteroatoms. The van der Waals surface area contributed by atoms with Crippen LogP contribution < -0.4 is 0 Å². The van der Waals surface area contributed by atoms with Crippen molar-refractivity contribution in [2.75, 3.05) is 0 Å². The van der Waals surface area contributed by atoms with Gasteiger partial charge in [-0.3, -0.25) is 0 Å². The molecule has 0 radical (unpaired) electrons. The monoisotopic (exact) mass is 289 g/mol. The second kappa shape index (κ2) is 6.47. The Morgan fingerprint density at radius 3 is 2.38 bits per heavy atom. The van der Waals surface area contributed by atoms with Gasteiger partial charge in [-0.2, -0.15) is 0 Å². The van der Waals surface area contributed by atoms with Crippen molar-refractivity contribution in [1.82, 2.24) is 0 Å². The number of benzene rings is 2. The molecule has 0 aliphatic carbocycles. The van der Waals surface area contributed by atoms with Gasteiger partial charge in [-0.15, -0.1) is 0 Å². The number of hydrogen-bond acceptors (Lipinski definition) is 0. The van der Waals surface area contributed by atoms with Gasteiger partial charge in [0.15, 0.2) is 0 Å². The molecular weight excluding hydrogens is 252 g/mol. The minimum atomic E-state index is -2.76. The molecule has 0 fully saturated rings. The lowest BCUT2D eigenvalue weighted by molar-refractivity contribution is 0.590. The van der Waals surface area contributed by atoms with E-state index in [9.17, 15) is 0 Å². The molecule has 0 aliphatic heterocycles. The second-order valence-electron chi connectivity index (χ2n) is 6.40. The lowest BCUT2D eigenvalue weighted by atomic mass is 9.86. The van der Waals surface area contributed by atoms with E-state index in [1.165, 1.54) is 5.56 Å². The van der Waals surface area contributed by atoms with Crippen LogP contribution in [-0.2, 0) is 18.3 Å². The summed E-state index contributed by atoms with van der Waals surface area (Å²) < 4.78 is 70.6. The predicted octanol–water partition coefficient (Wildman–Crippen LogP) is 5.78. The zero-order valence-electron chi connectivity index (χ0n) is 21.9. The molecule has 2 rings (SSSR count). The molecule has 0 spiro atoms. The quantitative estimate of drug-likeness (QED) is 0.669. The third-order valence-corrected chi connectivity index (χ3v) is 3.60. The summed E-state index contributed by atoms with van der Waals surface area (Å²) in [5, 5.41) is 0. The Kier molecular flexibility index (Phi) is 2.35. The molecule has 0 amide bonds. The standard InChI is InChI=1S/C21H28/c1-16-9-10-17(2)19(15-16)8-6-7-18-11-13-20(14-12-18)21(3,4)5/h9-15H,6-8H2,1-5H3/i1D3,2D3,9D,10D,15D. The van der Waals surface area contributed by atoms with Crippen molar-refractivity contribution in [3.8, 4) is 0 Å². The van der Waals surface area contributed by atoms with Gasteiger partial charge in [0.25, 0.3) is 0 Å². The Morgan fingerprint density at radius 2 is 1.76 bits per heavy atom. The normalized spacial score (nSPS) is 19.1. The largest absolute Gasteiger partial charge is 0.0629 e. The lowest BCUT2D eigenvalue weighted by Gasteiger charge is -2.19. The first-order chi connectivity index (χ1) is 13.5. The SMILES string of the molecule is [2H]c1c([2H])c(C([2H])([2H])[2H])c(CCCc2ccc(C(C)(C)C)cc2)c([2H])c1C([2H])([2H])[2H]. The molecule has 0 saturated heterocycles. The van der Waals surface area contributed by atoms with Crippen LogP contribution in [0.1, 0.15) is 67.3 Å². The maximum absolute atomic E-state index is 8.33. The van der Waals surface area contributed by atoms with Crippen LogP contribution in [0.15, 0.2) is 42.4 Å². The first-order valence-corrected chi connectivity index (χ1v) is 7.28. The summed E-state index contributed by atoms with van der Waals surface area (Å²) in [6.07, 6.45) is 1.28. The zero-order valence-corrected chi connectivity index (χ0v) is 12.9. The molecular formula is C21H28. The summed E-state index contributed by atoms with van der Waals surface area (Å²) >= 11 is 0. The molecule has 0 heterocycles. The average molecular weight is 290 g/mol. The Balaban J connectivity index is 2.37. The van der Waals surface area contributed by atoms with Gasteiger partial charge in [0, 0.05) is 8.22 Å². The van der Waals surface area contributed by atoms with Gasteiger partial charge < -0.3 is 0 Å². The van der Waals surface area contributed by atoms with E-state index in [1.54, 1.807) is 0 Å². The van der Waals surface area contributed by atoms with Crippen LogP contribution in [0, 0.1) is 13.7 Å². The van der Waals surface area contributed by atoms with E-state index in [-0.39, 0.29) is 23.0 Å². The highest BCUT2D eigenvalue weighted by molar-refractivity contribution is 5.31. The Labute approximate surface area is 142 Å². The first-order valence-electron chi connectivity index (χ1n) is 11.8. The van der Waals surface area contributed by atoms with Gasteiger partial charge in [0.05, 0.1) is 4.11 Å². The van der Waals surface area contributed by atoms with E-state index in [1.807, 2.05) is 12.1 Å². The van der Waals surface area contributed by atoms with Crippen LogP contribution in [-0.4, -0.2) is 0 Å². The minimum absolute atomic E-state index is 0.0356. The van der Waals surface area contributed by atoms with Crippen LogP contribution in [0.4, 0.5) is 0 Å². The van der Waals surface area contributed by atoms with Crippen LogP contribution in [0.2, 0.25) is 0 Å². The predicted molar refractivity (Wildman–Crippen MR) is 93.1 cm³/mol. The van der Waals surface area contributed by atoms with Gasteiger partial charge in [0.2, 0.25) is 0 Å². The number of aryl methyl sites for hydroxylation is 1. The molecule has 21 heavy (non-hydrogen) atoms. The van der Waals surface area contributed by atoms with E-state index in [4.69, 9.17) is 12.3 Å². The Bertz CT molecular complexity index is 899. The highest BCUT2D eigenvalue weighted by Gasteiger charge is 2.12. The molecule has 112 valence electrons. The van der Waals surface area contributed by atoms with Gasteiger partial charge in [-0.1, -0.05) is 68.7 Å². The molecule has 0 atom stereocenters. The maximum Gasteiger partial charge on any atom is 0.0629 e. The fourth-order valence-corrected chi connectivity index (χ4v) is 2.27. The van der Waals surface area contributed by atoms with Gasteiger partial charge in [0.1, 0.15) is 0 Å². The third kappa shape index (κ3) is 4.46. The van der Waals surface area contributed by atoms with Crippen LogP contribution >= 0.6 is 0 Å². The molecule has 0 nitrogen and oxygen atoms in total. The van der Waals surface area contributed by atoms with Crippen molar-refractivity contribution in [1.29, 1.82) is 0 Å². The number of hydrogen-bond donors (Lipinski definition) is 0. The summed E-state index contributed by atoms with van der Waals surface area (Å²) in [5.74, 6) is 0. The van der Waals surface area contributed by atoms with Gasteiger partial charge >= 0.3 is 0 Å². The summed E-state index contributed by atoms with van der Waals surface area (Å²) in [6, 6.07) is 6.37. The van der Waals surface area contributed by atoms with E-state index in [2.05, 4.69) is 32.9 Å². The van der Waals surface area contributed by atoms with Crippen molar-refractivity contribution in [3.05, 3.63) is 70.2 Å². The van der Waals surface area contributed by atoms with Crippen molar-refractivity contribution in [3.63, 3.8) is 0 Å². The van der Waals surface area contributed by atoms with Crippen molar-refractivity contribution in [2.45, 2.75) is 59.2 Å². The highest BCUT2D eigenvalue weighted by Crippen LogP contribution is 2.22. The van der Waals surface area contributed by atoms with E-state index < -0.39 is 37.4 Å². The molecule has 2 aromatic carbocycles. The van der Waals surface area contributed by atoms with Gasteiger partial charge in [-0.25, -0.2) is 0 Å². The van der Waals surface area contributed by atoms with Crippen molar-refractivity contribution < 1.29 is 12.3 Å². The van der Waals surface area contributed by atoms with Crippen molar-refractivity contribution in [2.24, 2.45) is 0 Å². The average Bonchev–Trinajstić information content (AvgIpc) is 2.56. The maximum atomic E-state index is 8.33. The Morgan fingerprint density at radius 1 is 1.00 bits per heavy atom. The summed E-state index contributed by atoms with van der Waals surface area (Å²) in [4.78, 5) is 0. The Hall–Kier alpha value is -1.56. The molecule has 0 aromatic heterocycles. The first kappa shape index (κ1) is 7.63. The second-order valence-corrected chi connectivity index (χ2v) is 6.40. The van der Waals surface area contributed by atoms with E-state index in [0.717, 1.165) is 5.56 Å². The lowest BCUT2D eigenvalue weighted by Crippen LogP contribution is -2.10. The highest BCUT2D eigenvalue weighted by atomic mass is 14.2. The fourth-order valence-electron chi connectivity index (χ4n) is 2.27. The summed E-state index contributed by atoms with van der Waals surface area (Å²) in [7, 11) is 0. The summed E-state index contributed by atoms with van der Waals surface area (Å²) in [6.45, 7) is 0.940. The molecule has 0 unspecified atom stereocenters. The fraction of sp³-hybridized carbons (Fsp3) is 0.429. The molecule has 0 N–H and O–H groups in total. The minimum Gasteiger partial charge on any atom is -0.0590 e. The molecule has 2 aromatic rings. The molecule has 0 bridgehead atoms. The molecule has 0 saturated carbocycles. The molecule has 0 aliphatic rings. The van der Waals surface area contributed by atoms with Crippen molar-refractivity contribution >= 4 is 0 Å². The zero-order chi connectivity index (χ0) is 23.1. The summed E-state index contributed by atoms with van der Waals surface area (Å²) in [5.41, 5.74) is 1.41. The van der Waals surface area contributed by atoms with Crippen LogP contribution in [0.5, 0.6) is 0 Å². The van der Waals surface area contributed by atoms with E-state index >= 15 is 0 Å².